The summed E-state index contributed by atoms with van der Waals surface area (Å²) in [5, 5.41) is 0. The molecule has 0 aliphatic carbocycles. The van der Waals surface area contributed by atoms with E-state index in [4.69, 9.17) is 0 Å². The van der Waals surface area contributed by atoms with E-state index in [2.05, 4.69) is 4.18 Å². The van der Waals surface area contributed by atoms with E-state index < -0.39 is 28.4 Å². The predicted molar refractivity (Wildman–Crippen MR) is 45.3 cm³/mol. The van der Waals surface area contributed by atoms with Gasteiger partial charge in [-0.2, -0.15) is 21.6 Å². The minimum absolute atomic E-state index is 0.0533. The van der Waals surface area contributed by atoms with E-state index in [0.29, 0.717) is 12.8 Å². The van der Waals surface area contributed by atoms with Crippen molar-refractivity contribution in [3.63, 3.8) is 0 Å². The van der Waals surface area contributed by atoms with E-state index in [1.807, 2.05) is 0 Å². The van der Waals surface area contributed by atoms with Crippen LogP contribution in [-0.2, 0) is 14.3 Å². The molecular formula is C7H12F4O3S. The van der Waals surface area contributed by atoms with Gasteiger partial charge in [-0.05, 0) is 6.42 Å². The van der Waals surface area contributed by atoms with Gasteiger partial charge in [0.15, 0.2) is 0 Å². The van der Waals surface area contributed by atoms with Crippen LogP contribution in [0.1, 0.15) is 26.2 Å². The summed E-state index contributed by atoms with van der Waals surface area (Å²) in [4.78, 5) is 0. The molecule has 0 aliphatic heterocycles. The van der Waals surface area contributed by atoms with E-state index in [1.165, 1.54) is 0 Å². The highest BCUT2D eigenvalue weighted by Crippen LogP contribution is 2.26. The molecule has 0 aromatic rings. The minimum Gasteiger partial charge on any atom is -0.257 e. The fourth-order valence-corrected chi connectivity index (χ4v) is 1.43. The van der Waals surface area contributed by atoms with Crippen molar-refractivity contribution in [3.05, 3.63) is 0 Å². The number of halogens is 4. The maximum absolute atomic E-state index is 12.1. The molecule has 0 fully saturated rings. The second-order valence-electron chi connectivity index (χ2n) is 2.91. The van der Waals surface area contributed by atoms with Crippen LogP contribution in [0.5, 0.6) is 0 Å². The zero-order chi connectivity index (χ0) is 12.1. The maximum Gasteiger partial charge on any atom is 0.523 e. The first-order valence-electron chi connectivity index (χ1n) is 4.30. The van der Waals surface area contributed by atoms with Crippen molar-refractivity contribution in [2.45, 2.75) is 37.8 Å². The Morgan fingerprint density at radius 2 is 1.87 bits per heavy atom. The number of unbranched alkanes of at least 4 members (excludes halogenated alkanes) is 1. The molecule has 1 unspecified atom stereocenters. The summed E-state index contributed by atoms with van der Waals surface area (Å²) in [6.07, 6.45) is -0.576. The van der Waals surface area contributed by atoms with Crippen LogP contribution >= 0.6 is 0 Å². The molecule has 0 saturated carbocycles. The predicted octanol–water partition coefficient (Wildman–Crippen LogP) is 2.38. The lowest BCUT2D eigenvalue weighted by atomic mass is 10.2. The monoisotopic (exact) mass is 252 g/mol. The second kappa shape index (κ2) is 5.64. The molecule has 0 saturated heterocycles. The summed E-state index contributed by atoms with van der Waals surface area (Å²) in [5.41, 5.74) is -5.49. The Kier molecular flexibility index (Phi) is 5.50. The fraction of sp³-hybridized carbons (Fsp3) is 1.00. The summed E-state index contributed by atoms with van der Waals surface area (Å²) in [6.45, 7) is 0.489. The Balaban J connectivity index is 4.42. The zero-order valence-electron chi connectivity index (χ0n) is 8.05. The van der Waals surface area contributed by atoms with Crippen molar-refractivity contribution in [2.24, 2.45) is 0 Å². The molecule has 15 heavy (non-hydrogen) atoms. The third kappa shape index (κ3) is 4.78. The molecule has 92 valence electrons. The fourth-order valence-electron chi connectivity index (χ4n) is 0.816. The number of rotatable bonds is 6. The van der Waals surface area contributed by atoms with Crippen molar-refractivity contribution in [3.8, 4) is 0 Å². The Labute approximate surface area is 85.5 Å². The van der Waals surface area contributed by atoms with E-state index >= 15 is 0 Å². The molecule has 3 nitrogen and oxygen atoms in total. The molecule has 0 radical (unpaired) electrons. The molecule has 0 aromatic heterocycles. The van der Waals surface area contributed by atoms with E-state index in [1.54, 1.807) is 6.92 Å². The Morgan fingerprint density at radius 1 is 1.33 bits per heavy atom. The third-order valence-corrected chi connectivity index (χ3v) is 2.69. The standard InChI is InChI=1S/C7H12F4O3S/c1-2-3-4-6(5-8)14-15(12,13)7(9,10)11/h6H,2-5H2,1H3. The van der Waals surface area contributed by atoms with Crippen molar-refractivity contribution in [1.29, 1.82) is 0 Å². The van der Waals surface area contributed by atoms with Gasteiger partial charge in [0.2, 0.25) is 0 Å². The average molecular weight is 252 g/mol. The zero-order valence-corrected chi connectivity index (χ0v) is 8.87. The van der Waals surface area contributed by atoms with E-state index in [0.717, 1.165) is 0 Å². The van der Waals surface area contributed by atoms with Crippen LogP contribution in [0.4, 0.5) is 17.6 Å². The average Bonchev–Trinajstić information content (AvgIpc) is 2.10. The van der Waals surface area contributed by atoms with Crippen LogP contribution < -0.4 is 0 Å². The first kappa shape index (κ1) is 14.6. The summed E-state index contributed by atoms with van der Waals surface area (Å²) < 4.78 is 72.3. The first-order chi connectivity index (χ1) is 6.74. The summed E-state index contributed by atoms with van der Waals surface area (Å²) in [6, 6.07) is 0. The van der Waals surface area contributed by atoms with Gasteiger partial charge >= 0.3 is 15.6 Å². The number of alkyl halides is 4. The summed E-state index contributed by atoms with van der Waals surface area (Å²) in [7, 11) is -5.68. The van der Waals surface area contributed by atoms with Crippen LogP contribution in [0.2, 0.25) is 0 Å². The highest BCUT2D eigenvalue weighted by atomic mass is 32.2. The highest BCUT2D eigenvalue weighted by Gasteiger charge is 2.48. The van der Waals surface area contributed by atoms with Gasteiger partial charge in [-0.1, -0.05) is 19.8 Å². The van der Waals surface area contributed by atoms with Crippen LogP contribution in [0, 0.1) is 0 Å². The lowest BCUT2D eigenvalue weighted by molar-refractivity contribution is -0.0583. The lowest BCUT2D eigenvalue weighted by Gasteiger charge is -2.15. The molecular weight excluding hydrogens is 240 g/mol. The van der Waals surface area contributed by atoms with Gasteiger partial charge in [-0.3, -0.25) is 4.18 Å². The SMILES string of the molecule is CCCCC(CF)OS(=O)(=O)C(F)(F)F. The van der Waals surface area contributed by atoms with Gasteiger partial charge < -0.3 is 0 Å². The molecule has 0 aromatic carbocycles. The van der Waals surface area contributed by atoms with Gasteiger partial charge in [0, 0.05) is 0 Å². The lowest BCUT2D eigenvalue weighted by Crippen LogP contribution is -2.31. The Hall–Kier alpha value is -0.370. The first-order valence-corrected chi connectivity index (χ1v) is 5.71. The molecule has 0 amide bonds. The van der Waals surface area contributed by atoms with Gasteiger partial charge in [0.1, 0.15) is 12.8 Å². The van der Waals surface area contributed by atoms with Crippen molar-refractivity contribution in [2.75, 3.05) is 6.67 Å². The van der Waals surface area contributed by atoms with Gasteiger partial charge in [-0.15, -0.1) is 0 Å². The maximum atomic E-state index is 12.1. The van der Waals surface area contributed by atoms with Crippen LogP contribution in [0.3, 0.4) is 0 Å². The van der Waals surface area contributed by atoms with E-state index in [9.17, 15) is 26.0 Å². The summed E-state index contributed by atoms with van der Waals surface area (Å²) >= 11 is 0. The molecule has 0 spiro atoms. The largest absolute Gasteiger partial charge is 0.523 e. The van der Waals surface area contributed by atoms with Gasteiger partial charge in [-0.25, -0.2) is 4.39 Å². The van der Waals surface area contributed by atoms with Crippen molar-refractivity contribution < 1.29 is 30.2 Å². The molecule has 8 heteroatoms. The number of hydrogen-bond donors (Lipinski definition) is 0. The smallest absolute Gasteiger partial charge is 0.257 e. The summed E-state index contributed by atoms with van der Waals surface area (Å²) in [5.74, 6) is 0. The van der Waals surface area contributed by atoms with Crippen molar-refractivity contribution in [1.82, 2.24) is 0 Å². The molecule has 0 heterocycles. The molecule has 1 atom stereocenters. The van der Waals surface area contributed by atoms with Gasteiger partial charge in [0.05, 0.1) is 0 Å². The highest BCUT2D eigenvalue weighted by molar-refractivity contribution is 7.87. The molecule has 0 rings (SSSR count). The minimum atomic E-state index is -5.68. The topological polar surface area (TPSA) is 43.4 Å². The number of hydrogen-bond acceptors (Lipinski definition) is 3. The molecule has 0 bridgehead atoms. The Morgan fingerprint density at radius 3 is 2.20 bits per heavy atom. The quantitative estimate of drug-likeness (QED) is 0.414. The molecule has 0 aliphatic rings. The Bertz CT molecular complexity index is 272. The second-order valence-corrected chi connectivity index (χ2v) is 4.48. The normalized spacial score (nSPS) is 15.3. The van der Waals surface area contributed by atoms with Crippen LogP contribution in [0.25, 0.3) is 0 Å². The van der Waals surface area contributed by atoms with Crippen LogP contribution in [-0.4, -0.2) is 26.7 Å². The molecule has 0 N–H and O–H groups in total. The van der Waals surface area contributed by atoms with Gasteiger partial charge in [0.25, 0.3) is 0 Å². The van der Waals surface area contributed by atoms with E-state index in [-0.39, 0.29) is 6.42 Å². The third-order valence-electron chi connectivity index (χ3n) is 1.60. The van der Waals surface area contributed by atoms with Crippen molar-refractivity contribution >= 4 is 10.1 Å². The van der Waals surface area contributed by atoms with Crippen LogP contribution in [0.15, 0.2) is 0 Å².